The summed E-state index contributed by atoms with van der Waals surface area (Å²) in [7, 11) is 1.50. The molecule has 2 unspecified atom stereocenters. The van der Waals surface area contributed by atoms with Crippen molar-refractivity contribution < 1.29 is 34.0 Å². The van der Waals surface area contributed by atoms with E-state index in [-0.39, 0.29) is 37.4 Å². The lowest BCUT2D eigenvalue weighted by Crippen LogP contribution is -2.43. The van der Waals surface area contributed by atoms with Crippen LogP contribution in [-0.2, 0) is 4.79 Å². The summed E-state index contributed by atoms with van der Waals surface area (Å²) >= 11 is 6.39. The summed E-state index contributed by atoms with van der Waals surface area (Å²) in [6.45, 7) is 1.33. The van der Waals surface area contributed by atoms with E-state index < -0.39 is 12.2 Å². The van der Waals surface area contributed by atoms with Crippen molar-refractivity contribution in [2.75, 3.05) is 32.1 Å². The van der Waals surface area contributed by atoms with E-state index in [1.54, 1.807) is 47.5 Å². The number of anilines is 1. The van der Waals surface area contributed by atoms with Crippen LogP contribution in [0.5, 0.6) is 23.0 Å². The molecule has 1 aliphatic heterocycles. The monoisotopic (exact) mass is 584 g/mol. The van der Waals surface area contributed by atoms with Gasteiger partial charge in [-0.2, -0.15) is 0 Å². The van der Waals surface area contributed by atoms with E-state index in [4.69, 9.17) is 25.8 Å². The minimum absolute atomic E-state index is 0.00771. The summed E-state index contributed by atoms with van der Waals surface area (Å²) in [6, 6.07) is 10.0. The van der Waals surface area contributed by atoms with Crippen molar-refractivity contribution in [2.45, 2.75) is 50.4 Å². The number of fused-ring (bicyclic) bond motifs is 1. The molecule has 0 radical (unpaired) electrons. The van der Waals surface area contributed by atoms with E-state index in [0.29, 0.717) is 44.6 Å². The van der Waals surface area contributed by atoms with Crippen LogP contribution in [0, 0.1) is 0 Å². The molecular formula is C29H33ClN4O7. The molecule has 12 heteroatoms. The summed E-state index contributed by atoms with van der Waals surface area (Å²) in [6.07, 6.45) is 2.58. The molecule has 3 aromatic rings. The number of urea groups is 1. The molecule has 1 aliphatic carbocycles. The maximum Gasteiger partial charge on any atom is 0.319 e. The number of carbonyl (C=O) groups excluding carboxylic acids is 2. The number of likely N-dealkylation sites (tertiary alicyclic amines) is 1. The van der Waals surface area contributed by atoms with Crippen LogP contribution >= 0.6 is 11.6 Å². The van der Waals surface area contributed by atoms with Crippen LogP contribution in [0.1, 0.15) is 32.1 Å². The number of amides is 3. The van der Waals surface area contributed by atoms with Gasteiger partial charge in [-0.05, 0) is 43.5 Å². The fourth-order valence-corrected chi connectivity index (χ4v) is 4.61. The number of nitrogens with zero attached hydrogens (tertiary/aromatic N) is 2. The number of carbonyl (C=O) groups is 2. The number of hydrogen-bond acceptors (Lipinski definition) is 8. The van der Waals surface area contributed by atoms with Crippen LogP contribution < -0.4 is 24.8 Å². The number of rotatable bonds is 12. The second-order valence-electron chi connectivity index (χ2n) is 10.2. The minimum Gasteiger partial charge on any atom is -0.493 e. The largest absolute Gasteiger partial charge is 0.493 e. The van der Waals surface area contributed by atoms with Gasteiger partial charge in [-0.15, -0.1) is 0 Å². The zero-order chi connectivity index (χ0) is 28.9. The number of hydrogen-bond donors (Lipinski definition) is 4. The Labute approximate surface area is 242 Å². The fourth-order valence-electron chi connectivity index (χ4n) is 4.40. The fraction of sp³-hybridized carbons (Fsp3) is 0.414. The number of ether oxygens (including phenoxy) is 3. The van der Waals surface area contributed by atoms with Gasteiger partial charge in [0.25, 0.3) is 0 Å². The summed E-state index contributed by atoms with van der Waals surface area (Å²) in [5.74, 6) is 1.61. The summed E-state index contributed by atoms with van der Waals surface area (Å²) in [5, 5.41) is 27.2. The zero-order valence-corrected chi connectivity index (χ0v) is 23.4. The average Bonchev–Trinajstić information content (AvgIpc) is 3.71. The van der Waals surface area contributed by atoms with Gasteiger partial charge >= 0.3 is 6.03 Å². The predicted molar refractivity (Wildman–Crippen MR) is 153 cm³/mol. The molecule has 41 heavy (non-hydrogen) atoms. The van der Waals surface area contributed by atoms with Crippen molar-refractivity contribution in [1.82, 2.24) is 15.2 Å². The van der Waals surface area contributed by atoms with E-state index in [9.17, 15) is 19.8 Å². The highest BCUT2D eigenvalue weighted by Gasteiger charge is 2.25. The molecule has 0 bridgehead atoms. The van der Waals surface area contributed by atoms with Gasteiger partial charge < -0.3 is 40.0 Å². The Bertz CT molecular complexity index is 1410. The molecule has 1 aromatic heterocycles. The molecule has 2 fully saturated rings. The highest BCUT2D eigenvalue weighted by atomic mass is 35.5. The predicted octanol–water partition coefficient (Wildman–Crippen LogP) is 4.09. The van der Waals surface area contributed by atoms with Gasteiger partial charge in [0.2, 0.25) is 5.91 Å². The Hall–Kier alpha value is -3.80. The van der Waals surface area contributed by atoms with Gasteiger partial charge in [-0.25, -0.2) is 4.79 Å². The Kier molecular flexibility index (Phi) is 8.96. The van der Waals surface area contributed by atoms with Crippen LogP contribution in [0.25, 0.3) is 10.9 Å². The number of benzene rings is 2. The number of aliphatic hydroxyl groups excluding tert-OH is 2. The van der Waals surface area contributed by atoms with Crippen LogP contribution in [0.15, 0.2) is 42.6 Å². The highest BCUT2D eigenvalue weighted by molar-refractivity contribution is 6.33. The van der Waals surface area contributed by atoms with Crippen LogP contribution in [-0.4, -0.2) is 77.1 Å². The molecule has 3 amide bonds. The summed E-state index contributed by atoms with van der Waals surface area (Å²) in [4.78, 5) is 30.2. The Morgan fingerprint density at radius 3 is 2.59 bits per heavy atom. The van der Waals surface area contributed by atoms with Crippen molar-refractivity contribution in [3.05, 3.63) is 47.6 Å². The molecule has 4 N–H and O–H groups in total. The van der Waals surface area contributed by atoms with Crippen molar-refractivity contribution in [3.8, 4) is 23.0 Å². The van der Waals surface area contributed by atoms with E-state index in [1.165, 1.54) is 7.11 Å². The third kappa shape index (κ3) is 7.49. The first-order valence-corrected chi connectivity index (χ1v) is 13.9. The maximum absolute atomic E-state index is 12.0. The van der Waals surface area contributed by atoms with E-state index in [0.717, 1.165) is 32.4 Å². The van der Waals surface area contributed by atoms with Crippen molar-refractivity contribution in [3.63, 3.8) is 0 Å². The van der Waals surface area contributed by atoms with E-state index in [1.807, 2.05) is 0 Å². The van der Waals surface area contributed by atoms with Gasteiger partial charge in [0, 0.05) is 49.3 Å². The smallest absolute Gasteiger partial charge is 0.319 e. The number of pyridine rings is 1. The van der Waals surface area contributed by atoms with Crippen LogP contribution in [0.3, 0.4) is 0 Å². The molecule has 0 spiro atoms. The number of aliphatic hydroxyl groups is 2. The number of halogens is 1. The van der Waals surface area contributed by atoms with E-state index in [2.05, 4.69) is 15.6 Å². The average molecular weight is 585 g/mol. The number of nitrogens with one attached hydrogen (secondary N) is 2. The maximum atomic E-state index is 12.0. The molecule has 218 valence electrons. The molecule has 1 saturated carbocycles. The highest BCUT2D eigenvalue weighted by Crippen LogP contribution is 2.38. The second kappa shape index (κ2) is 12.8. The van der Waals surface area contributed by atoms with Gasteiger partial charge in [-0.1, -0.05) is 11.6 Å². The van der Waals surface area contributed by atoms with Crippen molar-refractivity contribution in [1.29, 1.82) is 0 Å². The third-order valence-electron chi connectivity index (χ3n) is 6.91. The number of aromatic nitrogens is 1. The lowest BCUT2D eigenvalue weighted by Gasteiger charge is -2.31. The number of methoxy groups -OCH3 is 1. The molecule has 2 atom stereocenters. The standard InChI is InChI=1S/C29H33ClN4O7/c1-39-26-14-21-24(15-27(26)40-16-19(36)11-18(35)12-28(37)34-9-2-10-34)31-8-7-25(21)41-20-5-6-23(22(30)13-20)33-29(38)32-17-3-4-17/h5-8,13-15,17-19,35-36H,2-4,9-12,16H2,1H3,(H2,32,33,38). The molecule has 2 aliphatic rings. The Morgan fingerprint density at radius 1 is 1.10 bits per heavy atom. The molecule has 11 nitrogen and oxygen atoms in total. The molecule has 5 rings (SSSR count). The van der Waals surface area contributed by atoms with Gasteiger partial charge in [-0.3, -0.25) is 9.78 Å². The molecule has 2 heterocycles. The Morgan fingerprint density at radius 2 is 1.90 bits per heavy atom. The third-order valence-corrected chi connectivity index (χ3v) is 7.22. The SMILES string of the molecule is COc1cc2c(Oc3ccc(NC(=O)NC4CC4)c(Cl)c3)ccnc2cc1OCC(O)CC(O)CC(=O)N1CCC1. The minimum atomic E-state index is -0.987. The Balaban J connectivity index is 1.22. The first-order chi connectivity index (χ1) is 19.8. The second-order valence-corrected chi connectivity index (χ2v) is 10.6. The van der Waals surface area contributed by atoms with Crippen LogP contribution in [0.4, 0.5) is 10.5 Å². The topological polar surface area (TPSA) is 142 Å². The zero-order valence-electron chi connectivity index (χ0n) is 22.6. The lowest BCUT2D eigenvalue weighted by atomic mass is 10.1. The van der Waals surface area contributed by atoms with Gasteiger partial charge in [0.05, 0.1) is 42.0 Å². The summed E-state index contributed by atoms with van der Waals surface area (Å²) in [5.41, 5.74) is 1.03. The first kappa shape index (κ1) is 28.7. The normalized spacial score (nSPS) is 16.0. The quantitative estimate of drug-likeness (QED) is 0.249. The van der Waals surface area contributed by atoms with Crippen molar-refractivity contribution in [2.24, 2.45) is 0 Å². The first-order valence-electron chi connectivity index (χ1n) is 13.6. The summed E-state index contributed by atoms with van der Waals surface area (Å²) < 4.78 is 17.4. The van der Waals surface area contributed by atoms with Crippen molar-refractivity contribution >= 4 is 40.1 Å². The molecular weight excluding hydrogens is 552 g/mol. The van der Waals surface area contributed by atoms with Gasteiger partial charge in [0.1, 0.15) is 18.1 Å². The van der Waals surface area contributed by atoms with E-state index >= 15 is 0 Å². The van der Waals surface area contributed by atoms with Crippen LogP contribution in [0.2, 0.25) is 5.02 Å². The lowest BCUT2D eigenvalue weighted by molar-refractivity contribution is -0.137. The molecule has 1 saturated heterocycles. The molecule has 2 aromatic carbocycles. The van der Waals surface area contributed by atoms with Gasteiger partial charge in [0.15, 0.2) is 11.5 Å².